The predicted octanol–water partition coefficient (Wildman–Crippen LogP) is 1.09. The summed E-state index contributed by atoms with van der Waals surface area (Å²) >= 11 is 0. The number of aliphatic hydroxyl groups excluding tert-OH is 1. The van der Waals surface area contributed by atoms with Gasteiger partial charge in [0.15, 0.2) is 0 Å². The number of aliphatic hydroxyl groups is 1. The van der Waals surface area contributed by atoms with Gasteiger partial charge in [0.05, 0.1) is 13.7 Å². The van der Waals surface area contributed by atoms with E-state index in [0.29, 0.717) is 13.2 Å². The smallest absolute Gasteiger partial charge is 0.119 e. The van der Waals surface area contributed by atoms with Crippen molar-refractivity contribution in [2.24, 2.45) is 5.73 Å². The monoisotopic (exact) mass is 225 g/mol. The molecule has 3 N–H and O–H groups in total. The van der Waals surface area contributed by atoms with Gasteiger partial charge in [-0.05, 0) is 30.7 Å². The van der Waals surface area contributed by atoms with Crippen molar-refractivity contribution >= 4 is 0 Å². The predicted molar refractivity (Wildman–Crippen MR) is 62.4 cm³/mol. The fourth-order valence-electron chi connectivity index (χ4n) is 1.33. The molecule has 16 heavy (non-hydrogen) atoms. The summed E-state index contributed by atoms with van der Waals surface area (Å²) in [6, 6.07) is 7.33. The lowest BCUT2D eigenvalue weighted by atomic mass is 10.1. The van der Waals surface area contributed by atoms with Gasteiger partial charge in [-0.2, -0.15) is 0 Å². The van der Waals surface area contributed by atoms with E-state index in [1.165, 1.54) is 0 Å². The van der Waals surface area contributed by atoms with Gasteiger partial charge < -0.3 is 20.3 Å². The van der Waals surface area contributed by atoms with Gasteiger partial charge in [0, 0.05) is 6.61 Å². The van der Waals surface area contributed by atoms with E-state index in [9.17, 15) is 5.11 Å². The standard InChI is InChI=1S/C12H19NO3/c1-15-11-5-2-4-10(8-11)12(14)9-16-7-3-6-13/h2,4-5,8,12,14H,3,6-7,9,13H2,1H3. The molecule has 1 rings (SSSR count). The third kappa shape index (κ3) is 4.18. The van der Waals surface area contributed by atoms with E-state index in [1.807, 2.05) is 18.2 Å². The van der Waals surface area contributed by atoms with Crippen molar-refractivity contribution in [3.8, 4) is 5.75 Å². The van der Waals surface area contributed by atoms with Gasteiger partial charge in [-0.1, -0.05) is 12.1 Å². The van der Waals surface area contributed by atoms with Crippen molar-refractivity contribution in [1.29, 1.82) is 0 Å². The van der Waals surface area contributed by atoms with Gasteiger partial charge in [-0.25, -0.2) is 0 Å². The molecule has 0 saturated heterocycles. The first-order valence-electron chi connectivity index (χ1n) is 5.37. The molecule has 0 fully saturated rings. The Morgan fingerprint density at radius 2 is 2.25 bits per heavy atom. The summed E-state index contributed by atoms with van der Waals surface area (Å²) in [6.07, 6.45) is 0.193. The summed E-state index contributed by atoms with van der Waals surface area (Å²) in [5.74, 6) is 0.735. The van der Waals surface area contributed by atoms with Crippen molar-refractivity contribution in [2.45, 2.75) is 12.5 Å². The Balaban J connectivity index is 2.42. The molecule has 0 aromatic heterocycles. The van der Waals surface area contributed by atoms with E-state index in [4.69, 9.17) is 15.2 Å². The van der Waals surface area contributed by atoms with Crippen LogP contribution in [0.25, 0.3) is 0 Å². The van der Waals surface area contributed by atoms with Crippen LogP contribution < -0.4 is 10.5 Å². The summed E-state index contributed by atoms with van der Waals surface area (Å²) in [4.78, 5) is 0. The second-order valence-electron chi connectivity index (χ2n) is 3.51. The third-order valence-corrected chi connectivity index (χ3v) is 2.25. The Morgan fingerprint density at radius 3 is 2.94 bits per heavy atom. The lowest BCUT2D eigenvalue weighted by molar-refractivity contribution is 0.0356. The van der Waals surface area contributed by atoms with Crippen molar-refractivity contribution in [1.82, 2.24) is 0 Å². The SMILES string of the molecule is COc1cccc(C(O)COCCCN)c1. The van der Waals surface area contributed by atoms with Crippen LogP contribution in [0.5, 0.6) is 5.75 Å². The van der Waals surface area contributed by atoms with Gasteiger partial charge in [-0.15, -0.1) is 0 Å². The van der Waals surface area contributed by atoms with Crippen LogP contribution in [0.2, 0.25) is 0 Å². The van der Waals surface area contributed by atoms with Gasteiger partial charge in [-0.3, -0.25) is 0 Å². The average molecular weight is 225 g/mol. The highest BCUT2D eigenvalue weighted by Gasteiger charge is 2.08. The van der Waals surface area contributed by atoms with Crippen LogP contribution in [0.4, 0.5) is 0 Å². The van der Waals surface area contributed by atoms with Gasteiger partial charge in [0.2, 0.25) is 0 Å². The number of rotatable bonds is 7. The van der Waals surface area contributed by atoms with E-state index < -0.39 is 6.10 Å². The Labute approximate surface area is 96.0 Å². The topological polar surface area (TPSA) is 64.7 Å². The lowest BCUT2D eigenvalue weighted by Gasteiger charge is -2.12. The molecule has 0 heterocycles. The van der Waals surface area contributed by atoms with Gasteiger partial charge in [0.25, 0.3) is 0 Å². The minimum absolute atomic E-state index is 0.285. The zero-order chi connectivity index (χ0) is 11.8. The van der Waals surface area contributed by atoms with E-state index >= 15 is 0 Å². The number of hydrogen-bond acceptors (Lipinski definition) is 4. The highest BCUT2D eigenvalue weighted by molar-refractivity contribution is 5.29. The Bertz CT molecular complexity index is 304. The molecule has 4 heteroatoms. The van der Waals surface area contributed by atoms with Crippen molar-refractivity contribution in [3.05, 3.63) is 29.8 Å². The van der Waals surface area contributed by atoms with E-state index in [2.05, 4.69) is 0 Å². The Morgan fingerprint density at radius 1 is 1.44 bits per heavy atom. The zero-order valence-electron chi connectivity index (χ0n) is 9.56. The molecule has 1 atom stereocenters. The van der Waals surface area contributed by atoms with Crippen LogP contribution in [0.15, 0.2) is 24.3 Å². The molecule has 4 nitrogen and oxygen atoms in total. The summed E-state index contributed by atoms with van der Waals surface area (Å²) < 4.78 is 10.4. The van der Waals surface area contributed by atoms with Crippen molar-refractivity contribution in [2.75, 3.05) is 26.9 Å². The minimum Gasteiger partial charge on any atom is -0.497 e. The third-order valence-electron chi connectivity index (χ3n) is 2.25. The zero-order valence-corrected chi connectivity index (χ0v) is 9.56. The number of nitrogens with two attached hydrogens (primary N) is 1. The first-order chi connectivity index (χ1) is 7.77. The molecule has 0 amide bonds. The molecular weight excluding hydrogens is 206 g/mol. The normalized spacial score (nSPS) is 12.4. The molecule has 0 aliphatic heterocycles. The van der Waals surface area contributed by atoms with Crippen molar-refractivity contribution in [3.63, 3.8) is 0 Å². The first-order valence-corrected chi connectivity index (χ1v) is 5.37. The quantitative estimate of drug-likeness (QED) is 0.682. The van der Waals surface area contributed by atoms with Crippen molar-refractivity contribution < 1.29 is 14.6 Å². The Hall–Kier alpha value is -1.10. The maximum Gasteiger partial charge on any atom is 0.119 e. The first kappa shape index (κ1) is 13.0. The van der Waals surface area contributed by atoms with Crippen LogP contribution in [-0.2, 0) is 4.74 Å². The summed E-state index contributed by atoms with van der Waals surface area (Å²) in [6.45, 7) is 1.47. The molecule has 1 unspecified atom stereocenters. The maximum absolute atomic E-state index is 9.83. The molecule has 0 radical (unpaired) electrons. The largest absolute Gasteiger partial charge is 0.497 e. The number of methoxy groups -OCH3 is 1. The van der Waals surface area contributed by atoms with E-state index in [-0.39, 0.29) is 6.61 Å². The number of hydrogen-bond donors (Lipinski definition) is 2. The minimum atomic E-state index is -0.618. The second-order valence-corrected chi connectivity index (χ2v) is 3.51. The number of benzene rings is 1. The summed E-state index contributed by atoms with van der Waals surface area (Å²) in [5.41, 5.74) is 6.13. The highest BCUT2D eigenvalue weighted by atomic mass is 16.5. The summed E-state index contributed by atoms with van der Waals surface area (Å²) in [5, 5.41) is 9.83. The molecular formula is C12H19NO3. The number of ether oxygens (including phenoxy) is 2. The second kappa shape index (κ2) is 7.22. The Kier molecular flexibility index (Phi) is 5.85. The fraction of sp³-hybridized carbons (Fsp3) is 0.500. The molecule has 0 aliphatic carbocycles. The van der Waals surface area contributed by atoms with Crippen LogP contribution in [-0.4, -0.2) is 32.0 Å². The maximum atomic E-state index is 9.83. The molecule has 0 saturated carbocycles. The molecule has 0 spiro atoms. The van der Waals surface area contributed by atoms with E-state index in [1.54, 1.807) is 13.2 Å². The van der Waals surface area contributed by atoms with E-state index in [0.717, 1.165) is 17.7 Å². The fourth-order valence-corrected chi connectivity index (χ4v) is 1.33. The highest BCUT2D eigenvalue weighted by Crippen LogP contribution is 2.19. The molecule has 90 valence electrons. The van der Waals surface area contributed by atoms with Gasteiger partial charge >= 0.3 is 0 Å². The molecule has 0 bridgehead atoms. The van der Waals surface area contributed by atoms with Crippen LogP contribution in [0.3, 0.4) is 0 Å². The van der Waals surface area contributed by atoms with Crippen LogP contribution in [0.1, 0.15) is 18.1 Å². The van der Waals surface area contributed by atoms with Crippen LogP contribution >= 0.6 is 0 Å². The molecule has 0 aliphatic rings. The van der Waals surface area contributed by atoms with Crippen LogP contribution in [0, 0.1) is 0 Å². The summed E-state index contributed by atoms with van der Waals surface area (Å²) in [7, 11) is 1.60. The van der Waals surface area contributed by atoms with Gasteiger partial charge in [0.1, 0.15) is 11.9 Å². The average Bonchev–Trinajstić information content (AvgIpc) is 2.34. The molecule has 1 aromatic rings. The molecule has 1 aromatic carbocycles. The lowest BCUT2D eigenvalue weighted by Crippen LogP contribution is -2.10.